The molecule has 1 unspecified atom stereocenters. The smallest absolute Gasteiger partial charge is 0.253 e. The van der Waals surface area contributed by atoms with Crippen molar-refractivity contribution in [1.82, 2.24) is 9.80 Å². The fourth-order valence-corrected chi connectivity index (χ4v) is 3.71. The summed E-state index contributed by atoms with van der Waals surface area (Å²) in [5, 5.41) is 0. The molecule has 0 saturated carbocycles. The fraction of sp³-hybridized carbons (Fsp3) is 0.300. The Balaban J connectivity index is 1.42. The van der Waals surface area contributed by atoms with Crippen LogP contribution in [0.25, 0.3) is 0 Å². The molecule has 2 aliphatic rings. The zero-order chi connectivity index (χ0) is 18.3. The van der Waals surface area contributed by atoms with E-state index in [2.05, 4.69) is 0 Å². The van der Waals surface area contributed by atoms with Crippen molar-refractivity contribution in [2.24, 2.45) is 5.92 Å². The minimum Gasteiger partial charge on any atom is -0.338 e. The molecule has 2 amide bonds. The number of likely N-dealkylation sites (tertiary alicyclic amines) is 1. The quantitative estimate of drug-likeness (QED) is 0.830. The first kappa shape index (κ1) is 16.7. The number of amides is 2. The molecule has 4 nitrogen and oxygen atoms in total. The molecule has 4 rings (SSSR count). The van der Waals surface area contributed by atoms with Gasteiger partial charge >= 0.3 is 0 Å². The van der Waals surface area contributed by atoms with E-state index in [4.69, 9.17) is 0 Å². The van der Waals surface area contributed by atoms with E-state index in [0.717, 1.165) is 12.1 Å². The van der Waals surface area contributed by atoms with Gasteiger partial charge in [-0.3, -0.25) is 9.59 Å². The van der Waals surface area contributed by atoms with Gasteiger partial charge in [0.25, 0.3) is 5.91 Å². The average molecular weight is 356 g/mol. The number of hydrogen-bond donors (Lipinski definition) is 0. The van der Waals surface area contributed by atoms with Crippen LogP contribution in [0.1, 0.15) is 27.9 Å². The number of halogens is 2. The lowest BCUT2D eigenvalue weighted by Crippen LogP contribution is -2.35. The lowest BCUT2D eigenvalue weighted by atomic mass is 10.1. The molecule has 0 aromatic heterocycles. The van der Waals surface area contributed by atoms with Gasteiger partial charge in [0, 0.05) is 31.7 Å². The van der Waals surface area contributed by atoms with E-state index >= 15 is 0 Å². The summed E-state index contributed by atoms with van der Waals surface area (Å²) < 4.78 is 26.8. The van der Waals surface area contributed by atoms with E-state index in [1.807, 2.05) is 18.2 Å². The van der Waals surface area contributed by atoms with Gasteiger partial charge in [-0.15, -0.1) is 0 Å². The van der Waals surface area contributed by atoms with Crippen molar-refractivity contribution < 1.29 is 18.4 Å². The highest BCUT2D eigenvalue weighted by atomic mass is 19.2. The molecule has 26 heavy (non-hydrogen) atoms. The highest BCUT2D eigenvalue weighted by Gasteiger charge is 2.36. The Kier molecular flexibility index (Phi) is 4.18. The first-order chi connectivity index (χ1) is 12.5. The number of hydrogen-bond acceptors (Lipinski definition) is 2. The first-order valence-electron chi connectivity index (χ1n) is 8.63. The summed E-state index contributed by atoms with van der Waals surface area (Å²) in [5.41, 5.74) is 1.90. The molecule has 1 atom stereocenters. The van der Waals surface area contributed by atoms with Crippen molar-refractivity contribution in [2.45, 2.75) is 19.5 Å². The maximum absolute atomic E-state index is 13.4. The first-order valence-corrected chi connectivity index (χ1v) is 8.63. The van der Waals surface area contributed by atoms with E-state index in [1.165, 1.54) is 0 Å². The molecule has 0 aliphatic carbocycles. The van der Waals surface area contributed by atoms with Gasteiger partial charge in [-0.1, -0.05) is 18.2 Å². The summed E-state index contributed by atoms with van der Waals surface area (Å²) in [4.78, 5) is 28.6. The summed E-state index contributed by atoms with van der Waals surface area (Å²) in [7, 11) is 0. The van der Waals surface area contributed by atoms with Gasteiger partial charge in [0.1, 0.15) is 0 Å². The molecule has 2 aliphatic heterocycles. The van der Waals surface area contributed by atoms with Gasteiger partial charge < -0.3 is 9.80 Å². The molecule has 2 aromatic carbocycles. The maximum atomic E-state index is 13.4. The van der Waals surface area contributed by atoms with Crippen LogP contribution in [0, 0.1) is 17.6 Å². The van der Waals surface area contributed by atoms with E-state index in [0.29, 0.717) is 36.2 Å². The molecule has 0 spiro atoms. The van der Waals surface area contributed by atoms with E-state index in [9.17, 15) is 18.4 Å². The molecular weight excluding hydrogens is 338 g/mol. The summed E-state index contributed by atoms with van der Waals surface area (Å²) in [6.45, 7) is 1.49. The summed E-state index contributed by atoms with van der Waals surface area (Å²) in [5.74, 6) is -2.19. The van der Waals surface area contributed by atoms with Crippen molar-refractivity contribution in [3.05, 3.63) is 70.8 Å². The number of fused-ring (bicyclic) bond motifs is 1. The predicted octanol–water partition coefficient (Wildman–Crippen LogP) is 2.97. The average Bonchev–Trinajstić information content (AvgIpc) is 3.29. The van der Waals surface area contributed by atoms with E-state index in [-0.39, 0.29) is 30.8 Å². The van der Waals surface area contributed by atoms with E-state index in [1.54, 1.807) is 21.9 Å². The molecule has 2 aromatic rings. The van der Waals surface area contributed by atoms with Crippen molar-refractivity contribution in [2.75, 3.05) is 13.1 Å². The normalized spacial score (nSPS) is 18.9. The second-order valence-corrected chi connectivity index (χ2v) is 6.83. The molecule has 0 N–H and O–H groups in total. The Hall–Kier alpha value is -2.76. The summed E-state index contributed by atoms with van der Waals surface area (Å²) in [6, 6.07) is 11.3. The topological polar surface area (TPSA) is 40.6 Å². The summed E-state index contributed by atoms with van der Waals surface area (Å²) >= 11 is 0. The predicted molar refractivity (Wildman–Crippen MR) is 91.1 cm³/mol. The molecule has 6 heteroatoms. The molecule has 1 saturated heterocycles. The second-order valence-electron chi connectivity index (χ2n) is 6.83. The Morgan fingerprint density at radius 1 is 0.923 bits per heavy atom. The number of nitrogens with zero attached hydrogens (tertiary/aromatic N) is 2. The molecule has 0 bridgehead atoms. The van der Waals surface area contributed by atoms with Crippen LogP contribution in [-0.2, 0) is 17.9 Å². The third kappa shape index (κ3) is 2.96. The SMILES string of the molecule is O=C(c1ccccc1)N1CCC(C(=O)N2Cc3cc(F)c(F)cc3C2)C1. The van der Waals surface area contributed by atoms with Gasteiger partial charge in [0.05, 0.1) is 5.92 Å². The standard InChI is InChI=1S/C20H18F2N2O2/c21-17-8-15-11-24(12-16(15)9-18(17)22)20(26)14-6-7-23(10-14)19(25)13-4-2-1-3-5-13/h1-5,8-9,14H,6-7,10-12H2. The van der Waals surface area contributed by atoms with Crippen LogP contribution in [-0.4, -0.2) is 34.7 Å². The molecule has 134 valence electrons. The van der Waals surface area contributed by atoms with Crippen LogP contribution in [0.4, 0.5) is 8.78 Å². The highest BCUT2D eigenvalue weighted by molar-refractivity contribution is 5.95. The van der Waals surface area contributed by atoms with Gasteiger partial charge in [-0.05, 0) is 41.8 Å². The van der Waals surface area contributed by atoms with Crippen molar-refractivity contribution in [1.29, 1.82) is 0 Å². The van der Waals surface area contributed by atoms with E-state index < -0.39 is 11.6 Å². The molecular formula is C20H18F2N2O2. The van der Waals surface area contributed by atoms with Gasteiger partial charge in [0.15, 0.2) is 11.6 Å². The van der Waals surface area contributed by atoms with Crippen LogP contribution >= 0.6 is 0 Å². The minimum atomic E-state index is -0.890. The van der Waals surface area contributed by atoms with Crippen LogP contribution in [0.5, 0.6) is 0 Å². The van der Waals surface area contributed by atoms with Gasteiger partial charge in [-0.2, -0.15) is 0 Å². The zero-order valence-electron chi connectivity index (χ0n) is 14.1. The van der Waals surface area contributed by atoms with Crippen LogP contribution < -0.4 is 0 Å². The van der Waals surface area contributed by atoms with Gasteiger partial charge in [-0.25, -0.2) is 8.78 Å². The number of carbonyl (C=O) groups excluding carboxylic acids is 2. The van der Waals surface area contributed by atoms with Crippen LogP contribution in [0.15, 0.2) is 42.5 Å². The lowest BCUT2D eigenvalue weighted by molar-refractivity contribution is -0.135. The number of carbonyl (C=O) groups is 2. The zero-order valence-corrected chi connectivity index (χ0v) is 14.1. The fourth-order valence-electron chi connectivity index (χ4n) is 3.71. The monoisotopic (exact) mass is 356 g/mol. The minimum absolute atomic E-state index is 0.0645. The Morgan fingerprint density at radius 2 is 1.54 bits per heavy atom. The lowest BCUT2D eigenvalue weighted by Gasteiger charge is -2.21. The molecule has 0 radical (unpaired) electrons. The third-order valence-corrected chi connectivity index (χ3v) is 5.12. The van der Waals surface area contributed by atoms with Crippen LogP contribution in [0.2, 0.25) is 0 Å². The van der Waals surface area contributed by atoms with Gasteiger partial charge in [0.2, 0.25) is 5.91 Å². The molecule has 2 heterocycles. The Bertz CT molecular complexity index is 839. The largest absolute Gasteiger partial charge is 0.338 e. The Labute approximate surface area is 150 Å². The van der Waals surface area contributed by atoms with Crippen molar-refractivity contribution in [3.8, 4) is 0 Å². The highest BCUT2D eigenvalue weighted by Crippen LogP contribution is 2.29. The van der Waals surface area contributed by atoms with Crippen molar-refractivity contribution in [3.63, 3.8) is 0 Å². The van der Waals surface area contributed by atoms with Crippen molar-refractivity contribution >= 4 is 11.8 Å². The van der Waals surface area contributed by atoms with Crippen LogP contribution in [0.3, 0.4) is 0 Å². The Morgan fingerprint density at radius 3 is 2.15 bits per heavy atom. The number of benzene rings is 2. The number of rotatable bonds is 2. The maximum Gasteiger partial charge on any atom is 0.253 e. The second kappa shape index (κ2) is 6.52. The third-order valence-electron chi connectivity index (χ3n) is 5.12. The molecule has 1 fully saturated rings. The summed E-state index contributed by atoms with van der Waals surface area (Å²) in [6.07, 6.45) is 0.604.